The molecule has 1 N–H and O–H groups in total. The summed E-state index contributed by atoms with van der Waals surface area (Å²) in [7, 11) is 1.91. The Labute approximate surface area is 127 Å². The van der Waals surface area contributed by atoms with Gasteiger partial charge >= 0.3 is 0 Å². The minimum Gasteiger partial charge on any atom is -0.384 e. The summed E-state index contributed by atoms with van der Waals surface area (Å²) >= 11 is 0. The van der Waals surface area contributed by atoms with E-state index in [-0.39, 0.29) is 12.5 Å². The Kier molecular flexibility index (Phi) is 5.83. The lowest BCUT2D eigenvalue weighted by atomic mass is 10.1. The highest BCUT2D eigenvalue weighted by Gasteiger charge is 2.21. The maximum Gasteiger partial charge on any atom is 0.253 e. The van der Waals surface area contributed by atoms with Crippen LogP contribution in [-0.4, -0.2) is 35.6 Å². The van der Waals surface area contributed by atoms with Gasteiger partial charge in [0.2, 0.25) is 0 Å². The van der Waals surface area contributed by atoms with Gasteiger partial charge in [-0.05, 0) is 37.1 Å². The van der Waals surface area contributed by atoms with Crippen LogP contribution in [0.15, 0.2) is 24.3 Å². The lowest BCUT2D eigenvalue weighted by Gasteiger charge is -2.27. The standard InChI is InChI=1S/C18H23NO2/c1-19(17-8-4-2-3-5-9-17)18(21)16-12-10-15(11-13-16)7-6-14-20/h10-13,17,20H,2-5,8-9,14H2,1H3. The fourth-order valence-electron chi connectivity index (χ4n) is 2.85. The van der Waals surface area contributed by atoms with Crippen LogP contribution in [0.4, 0.5) is 0 Å². The summed E-state index contributed by atoms with van der Waals surface area (Å²) in [6.45, 7) is -0.148. The Hall–Kier alpha value is -1.79. The van der Waals surface area contributed by atoms with E-state index >= 15 is 0 Å². The van der Waals surface area contributed by atoms with Crippen molar-refractivity contribution in [1.29, 1.82) is 0 Å². The third-order valence-electron chi connectivity index (χ3n) is 4.14. The molecule has 112 valence electrons. The number of carbonyl (C=O) groups is 1. The number of rotatable bonds is 2. The summed E-state index contributed by atoms with van der Waals surface area (Å²) in [5, 5.41) is 8.68. The Bertz CT molecular complexity index is 516. The summed E-state index contributed by atoms with van der Waals surface area (Å²) in [5.41, 5.74) is 1.52. The Morgan fingerprint density at radius 1 is 1.19 bits per heavy atom. The Morgan fingerprint density at radius 3 is 2.38 bits per heavy atom. The van der Waals surface area contributed by atoms with E-state index in [4.69, 9.17) is 5.11 Å². The molecule has 0 heterocycles. The molecular formula is C18H23NO2. The number of hydrogen-bond donors (Lipinski definition) is 1. The van der Waals surface area contributed by atoms with E-state index < -0.39 is 0 Å². The summed E-state index contributed by atoms with van der Waals surface area (Å²) in [4.78, 5) is 14.4. The predicted molar refractivity (Wildman–Crippen MR) is 84.0 cm³/mol. The third kappa shape index (κ3) is 4.34. The lowest BCUT2D eigenvalue weighted by molar-refractivity contribution is 0.0717. The molecule has 1 aliphatic rings. The van der Waals surface area contributed by atoms with Crippen LogP contribution in [0.2, 0.25) is 0 Å². The van der Waals surface area contributed by atoms with Crippen molar-refractivity contribution in [3.63, 3.8) is 0 Å². The summed E-state index contributed by atoms with van der Waals surface area (Å²) < 4.78 is 0. The molecule has 1 aromatic carbocycles. The zero-order valence-electron chi connectivity index (χ0n) is 12.6. The van der Waals surface area contributed by atoms with Crippen molar-refractivity contribution in [3.05, 3.63) is 35.4 Å². The normalized spacial score (nSPS) is 15.7. The van der Waals surface area contributed by atoms with Crippen LogP contribution in [-0.2, 0) is 0 Å². The summed E-state index contributed by atoms with van der Waals surface area (Å²) in [6.07, 6.45) is 7.24. The predicted octanol–water partition coefficient (Wildman–Crippen LogP) is 2.83. The molecule has 0 saturated heterocycles. The van der Waals surface area contributed by atoms with Gasteiger partial charge < -0.3 is 10.0 Å². The van der Waals surface area contributed by atoms with Crippen molar-refractivity contribution < 1.29 is 9.90 Å². The molecule has 0 spiro atoms. The van der Waals surface area contributed by atoms with Crippen LogP contribution in [0.25, 0.3) is 0 Å². The van der Waals surface area contributed by atoms with Gasteiger partial charge in [0.15, 0.2) is 0 Å². The average molecular weight is 285 g/mol. The van der Waals surface area contributed by atoms with Gasteiger partial charge in [-0.1, -0.05) is 37.5 Å². The number of carbonyl (C=O) groups excluding carboxylic acids is 1. The maximum absolute atomic E-state index is 12.5. The van der Waals surface area contributed by atoms with Crippen LogP contribution in [0.5, 0.6) is 0 Å². The van der Waals surface area contributed by atoms with Crippen molar-refractivity contribution in [1.82, 2.24) is 4.90 Å². The quantitative estimate of drug-likeness (QED) is 0.670. The smallest absolute Gasteiger partial charge is 0.253 e. The van der Waals surface area contributed by atoms with Crippen molar-refractivity contribution >= 4 is 5.91 Å². The topological polar surface area (TPSA) is 40.5 Å². The minimum atomic E-state index is -0.148. The van der Waals surface area contributed by atoms with E-state index in [0.717, 1.165) is 18.4 Å². The first kappa shape index (κ1) is 15.6. The highest BCUT2D eigenvalue weighted by atomic mass is 16.2. The van der Waals surface area contributed by atoms with Crippen molar-refractivity contribution in [3.8, 4) is 11.8 Å². The average Bonchev–Trinajstić information content (AvgIpc) is 2.81. The zero-order chi connectivity index (χ0) is 15.1. The van der Waals surface area contributed by atoms with Gasteiger partial charge in [-0.25, -0.2) is 0 Å². The van der Waals surface area contributed by atoms with Crippen molar-refractivity contribution in [2.45, 2.75) is 44.6 Å². The number of nitrogens with zero attached hydrogens (tertiary/aromatic N) is 1. The molecule has 0 bridgehead atoms. The van der Waals surface area contributed by atoms with E-state index in [1.807, 2.05) is 36.2 Å². The van der Waals surface area contributed by atoms with Crippen molar-refractivity contribution in [2.75, 3.05) is 13.7 Å². The van der Waals surface area contributed by atoms with E-state index in [9.17, 15) is 4.79 Å². The fraction of sp³-hybridized carbons (Fsp3) is 0.500. The van der Waals surface area contributed by atoms with Gasteiger partial charge in [-0.15, -0.1) is 0 Å². The monoisotopic (exact) mass is 285 g/mol. The van der Waals surface area contributed by atoms with E-state index in [1.54, 1.807) is 0 Å². The van der Waals surface area contributed by atoms with Gasteiger partial charge in [-0.2, -0.15) is 0 Å². The molecule has 1 saturated carbocycles. The molecule has 1 aliphatic carbocycles. The molecule has 1 amide bonds. The number of aliphatic hydroxyl groups excluding tert-OH is 1. The fourth-order valence-corrected chi connectivity index (χ4v) is 2.85. The molecule has 3 heteroatoms. The van der Waals surface area contributed by atoms with Crippen LogP contribution in [0.1, 0.15) is 54.4 Å². The van der Waals surface area contributed by atoms with Gasteiger partial charge in [-0.3, -0.25) is 4.79 Å². The molecule has 3 nitrogen and oxygen atoms in total. The molecule has 0 aromatic heterocycles. The van der Waals surface area contributed by atoms with Gasteiger partial charge in [0.05, 0.1) is 0 Å². The molecule has 2 rings (SSSR count). The highest BCUT2D eigenvalue weighted by Crippen LogP contribution is 2.22. The minimum absolute atomic E-state index is 0.0866. The summed E-state index contributed by atoms with van der Waals surface area (Å²) in [5.74, 6) is 5.53. The first-order chi connectivity index (χ1) is 10.2. The van der Waals surface area contributed by atoms with E-state index in [2.05, 4.69) is 11.8 Å². The first-order valence-electron chi connectivity index (χ1n) is 7.69. The molecule has 0 aliphatic heterocycles. The molecule has 1 fully saturated rings. The van der Waals surface area contributed by atoms with Crippen LogP contribution in [0, 0.1) is 11.8 Å². The Morgan fingerprint density at radius 2 is 1.81 bits per heavy atom. The van der Waals surface area contributed by atoms with E-state index in [1.165, 1.54) is 25.7 Å². The number of hydrogen-bond acceptors (Lipinski definition) is 2. The van der Waals surface area contributed by atoms with Crippen LogP contribution >= 0.6 is 0 Å². The third-order valence-corrected chi connectivity index (χ3v) is 4.14. The number of aliphatic hydroxyl groups is 1. The van der Waals surface area contributed by atoms with Crippen molar-refractivity contribution in [2.24, 2.45) is 0 Å². The van der Waals surface area contributed by atoms with Gasteiger partial charge in [0.25, 0.3) is 5.91 Å². The molecule has 0 atom stereocenters. The Balaban J connectivity index is 2.04. The molecule has 0 radical (unpaired) electrons. The SMILES string of the molecule is CN(C(=O)c1ccc(C#CCO)cc1)C1CCCCCC1. The second kappa shape index (κ2) is 7.85. The molecule has 1 aromatic rings. The van der Waals surface area contributed by atoms with Gasteiger partial charge in [0.1, 0.15) is 6.61 Å². The van der Waals surface area contributed by atoms with Crippen LogP contribution < -0.4 is 0 Å². The van der Waals surface area contributed by atoms with Gasteiger partial charge in [0, 0.05) is 24.2 Å². The lowest BCUT2D eigenvalue weighted by Crippen LogP contribution is -2.36. The van der Waals surface area contributed by atoms with Crippen LogP contribution in [0.3, 0.4) is 0 Å². The molecule has 0 unspecified atom stereocenters. The first-order valence-corrected chi connectivity index (χ1v) is 7.69. The molecule has 21 heavy (non-hydrogen) atoms. The maximum atomic E-state index is 12.5. The second-order valence-corrected chi connectivity index (χ2v) is 5.60. The molecular weight excluding hydrogens is 262 g/mol. The zero-order valence-corrected chi connectivity index (χ0v) is 12.6. The summed E-state index contributed by atoms with van der Waals surface area (Å²) in [6, 6.07) is 7.66. The second-order valence-electron chi connectivity index (χ2n) is 5.60. The number of amides is 1. The van der Waals surface area contributed by atoms with E-state index in [0.29, 0.717) is 11.6 Å². The highest BCUT2D eigenvalue weighted by molar-refractivity contribution is 5.94. The largest absolute Gasteiger partial charge is 0.384 e. The number of benzene rings is 1.